The van der Waals surface area contributed by atoms with Gasteiger partial charge >= 0.3 is 5.97 Å². The molecule has 3 rings (SSSR count). The Morgan fingerprint density at radius 1 is 1.08 bits per heavy atom. The summed E-state index contributed by atoms with van der Waals surface area (Å²) in [6, 6.07) is 9.74. The van der Waals surface area contributed by atoms with E-state index in [9.17, 15) is 14.7 Å². The second-order valence-corrected chi connectivity index (χ2v) is 12.4. The van der Waals surface area contributed by atoms with Crippen LogP contribution in [0, 0.1) is 18.8 Å². The fourth-order valence-corrected chi connectivity index (χ4v) is 7.17. The molecule has 1 aromatic carbocycles. The van der Waals surface area contributed by atoms with Crippen LogP contribution in [-0.2, 0) is 22.4 Å². The Morgan fingerprint density at radius 2 is 1.82 bits per heavy atom. The number of nitrogens with zero attached hydrogens (tertiary/aromatic N) is 1. The number of ether oxygens (including phenoxy) is 1. The topological polar surface area (TPSA) is 107 Å². The Morgan fingerprint density at radius 3 is 2.51 bits per heavy atom. The molecule has 1 amide bonds. The van der Waals surface area contributed by atoms with Crippen molar-refractivity contribution in [2.24, 2.45) is 11.8 Å². The van der Waals surface area contributed by atoms with Crippen LogP contribution in [0.5, 0.6) is 0 Å². The number of rotatable bonds is 15. The summed E-state index contributed by atoms with van der Waals surface area (Å²) in [5.74, 6) is -0.367. The average Bonchev–Trinajstić information content (AvgIpc) is 3.46. The van der Waals surface area contributed by atoms with Crippen LogP contribution in [0.3, 0.4) is 0 Å². The van der Waals surface area contributed by atoms with Crippen LogP contribution >= 0.6 is 34.5 Å². The van der Waals surface area contributed by atoms with Crippen molar-refractivity contribution in [3.05, 3.63) is 56.2 Å². The van der Waals surface area contributed by atoms with Gasteiger partial charge in [-0.05, 0) is 92.7 Å². The van der Waals surface area contributed by atoms with Gasteiger partial charge in [-0.1, -0.05) is 17.7 Å². The Labute approximate surface area is 244 Å². The number of aliphatic hydroxyl groups excluding tert-OH is 3. The molecule has 1 fully saturated rings. The van der Waals surface area contributed by atoms with Gasteiger partial charge in [-0.3, -0.25) is 4.79 Å². The lowest BCUT2D eigenvalue weighted by Gasteiger charge is -2.23. The number of aryl methyl sites for hydroxylation is 3. The third-order valence-electron chi connectivity index (χ3n) is 7.31. The van der Waals surface area contributed by atoms with Gasteiger partial charge in [0.15, 0.2) is 0 Å². The van der Waals surface area contributed by atoms with Gasteiger partial charge < -0.3 is 25.0 Å². The predicted octanol–water partition coefficient (Wildman–Crippen LogP) is 4.63. The second kappa shape index (κ2) is 15.9. The summed E-state index contributed by atoms with van der Waals surface area (Å²) in [4.78, 5) is 27.5. The van der Waals surface area contributed by atoms with Gasteiger partial charge in [-0.25, -0.2) is 4.79 Å². The number of hydrogen-bond donors (Lipinski definition) is 3. The number of hydrogen-bond acceptors (Lipinski definition) is 7. The van der Waals surface area contributed by atoms with E-state index in [1.165, 1.54) is 21.8 Å². The van der Waals surface area contributed by atoms with Crippen molar-refractivity contribution in [2.75, 3.05) is 32.9 Å². The van der Waals surface area contributed by atoms with Crippen LogP contribution in [0.2, 0.25) is 5.02 Å². The Balaban J connectivity index is 1.44. The van der Waals surface area contributed by atoms with E-state index in [-0.39, 0.29) is 62.5 Å². The Hall–Kier alpha value is -1.68. The van der Waals surface area contributed by atoms with Crippen molar-refractivity contribution in [2.45, 2.75) is 63.4 Å². The fourth-order valence-electron chi connectivity index (χ4n) is 5.42. The molecule has 4 atom stereocenters. The molecule has 2 aromatic rings. The lowest BCUT2D eigenvalue weighted by Crippen LogP contribution is -2.36. The van der Waals surface area contributed by atoms with E-state index < -0.39 is 12.1 Å². The van der Waals surface area contributed by atoms with Crippen LogP contribution in [-0.4, -0.2) is 76.5 Å². The minimum absolute atomic E-state index is 0.00507. The second-order valence-electron chi connectivity index (χ2n) is 10.2. The van der Waals surface area contributed by atoms with Gasteiger partial charge in [-0.2, -0.15) is 0 Å². The first-order valence-corrected chi connectivity index (χ1v) is 15.2. The van der Waals surface area contributed by atoms with Crippen LogP contribution in [0.25, 0.3) is 0 Å². The quantitative estimate of drug-likeness (QED) is 0.203. The number of esters is 1. The van der Waals surface area contributed by atoms with Crippen LogP contribution < -0.4 is 0 Å². The molecule has 0 aliphatic heterocycles. The van der Waals surface area contributed by atoms with Crippen molar-refractivity contribution < 1.29 is 29.6 Å². The summed E-state index contributed by atoms with van der Waals surface area (Å²) < 4.78 is 5.27. The molecule has 3 N–H and O–H groups in total. The van der Waals surface area contributed by atoms with Crippen molar-refractivity contribution in [1.29, 1.82) is 0 Å². The van der Waals surface area contributed by atoms with Crippen LogP contribution in [0.4, 0.5) is 0 Å². The summed E-state index contributed by atoms with van der Waals surface area (Å²) >= 11 is 14.3. The highest BCUT2D eigenvalue weighted by atomic mass is 35.5. The summed E-state index contributed by atoms with van der Waals surface area (Å²) in [6.45, 7) is 1.85. The maximum Gasteiger partial charge on any atom is 0.348 e. The number of benzene rings is 1. The Bertz CT molecular complexity index is 1050. The van der Waals surface area contributed by atoms with Crippen LogP contribution in [0.15, 0.2) is 30.3 Å². The lowest BCUT2D eigenvalue weighted by atomic mass is 9.85. The lowest BCUT2D eigenvalue weighted by molar-refractivity contribution is -0.132. The highest BCUT2D eigenvalue weighted by Crippen LogP contribution is 2.41. The number of alkyl halides is 1. The molecule has 1 aromatic heterocycles. The minimum atomic E-state index is -0.467. The predicted molar refractivity (Wildman–Crippen MR) is 155 cm³/mol. The highest BCUT2D eigenvalue weighted by molar-refractivity contribution is 7.13. The van der Waals surface area contributed by atoms with Gasteiger partial charge in [0, 0.05) is 28.4 Å². The molecule has 1 saturated carbocycles. The number of carbonyl (C=O) groups excluding carboxylic acids is 2. The van der Waals surface area contributed by atoms with Gasteiger partial charge in [-0.15, -0.1) is 22.9 Å². The highest BCUT2D eigenvalue weighted by Gasteiger charge is 2.40. The van der Waals surface area contributed by atoms with E-state index in [0.29, 0.717) is 11.3 Å². The zero-order valence-electron chi connectivity index (χ0n) is 22.4. The molecule has 1 aliphatic carbocycles. The van der Waals surface area contributed by atoms with Crippen molar-refractivity contribution in [3.63, 3.8) is 0 Å². The smallest absolute Gasteiger partial charge is 0.348 e. The standard InChI is InChI=1S/C29H39Cl2NO6S/c1-19-15-20(17-21(30)16-19)5-7-24-23(25(31)18-26(24)35)4-2-3-22-6-8-27(39-22)29(37)38-14-9-28(36)32(10-12-33)11-13-34/h6,8,15-17,23-26,33-35H,2-5,7,9-14,18H2,1H3. The number of thiophene rings is 1. The molecular formula is C29H39Cl2NO6S. The number of halogens is 2. The molecule has 0 bridgehead atoms. The van der Waals surface area contributed by atoms with E-state index in [4.69, 9.17) is 38.2 Å². The molecule has 0 radical (unpaired) electrons. The van der Waals surface area contributed by atoms with E-state index in [1.807, 2.05) is 25.1 Å². The molecule has 4 unspecified atom stereocenters. The summed E-state index contributed by atoms with van der Waals surface area (Å²) in [5, 5.41) is 29.4. The number of amides is 1. The van der Waals surface area contributed by atoms with E-state index in [2.05, 4.69) is 6.07 Å². The molecule has 0 saturated heterocycles. The summed E-state index contributed by atoms with van der Waals surface area (Å²) in [5.41, 5.74) is 2.31. The van der Waals surface area contributed by atoms with E-state index in [0.717, 1.165) is 47.6 Å². The van der Waals surface area contributed by atoms with Crippen molar-refractivity contribution in [3.8, 4) is 0 Å². The van der Waals surface area contributed by atoms with Gasteiger partial charge in [0.25, 0.3) is 0 Å². The van der Waals surface area contributed by atoms with E-state index in [1.54, 1.807) is 6.07 Å². The first-order chi connectivity index (χ1) is 18.7. The maximum absolute atomic E-state index is 12.4. The third-order valence-corrected chi connectivity index (χ3v) is 9.15. The van der Waals surface area contributed by atoms with Gasteiger partial charge in [0.05, 0.1) is 25.7 Å². The molecule has 7 nitrogen and oxygen atoms in total. The minimum Gasteiger partial charge on any atom is -0.461 e. The molecule has 1 aliphatic rings. The summed E-state index contributed by atoms with van der Waals surface area (Å²) in [6.07, 6.45) is 4.55. The van der Waals surface area contributed by atoms with Crippen molar-refractivity contribution in [1.82, 2.24) is 4.90 Å². The zero-order chi connectivity index (χ0) is 28.4. The largest absolute Gasteiger partial charge is 0.461 e. The first kappa shape index (κ1) is 31.8. The summed E-state index contributed by atoms with van der Waals surface area (Å²) in [7, 11) is 0. The van der Waals surface area contributed by atoms with E-state index >= 15 is 0 Å². The van der Waals surface area contributed by atoms with Gasteiger partial charge in [0.2, 0.25) is 5.91 Å². The van der Waals surface area contributed by atoms with Crippen molar-refractivity contribution >= 4 is 46.4 Å². The molecule has 216 valence electrons. The first-order valence-electron chi connectivity index (χ1n) is 13.5. The molecule has 39 heavy (non-hydrogen) atoms. The molecule has 0 spiro atoms. The Kier molecular flexibility index (Phi) is 13.0. The third kappa shape index (κ3) is 9.73. The monoisotopic (exact) mass is 599 g/mol. The molecular weight excluding hydrogens is 561 g/mol. The number of aliphatic hydroxyl groups is 3. The molecule has 1 heterocycles. The zero-order valence-corrected chi connectivity index (χ0v) is 24.7. The normalized spacial score (nSPS) is 20.8. The molecule has 10 heteroatoms. The average molecular weight is 601 g/mol. The fraction of sp³-hybridized carbons (Fsp3) is 0.586. The van der Waals surface area contributed by atoms with Crippen LogP contribution in [0.1, 0.15) is 57.8 Å². The SMILES string of the molecule is Cc1cc(Cl)cc(CCC2C(O)CC(Cl)C2CCCc2ccc(C(=O)OCCC(=O)N(CCO)CCO)s2)c1. The number of carbonyl (C=O) groups is 2. The van der Waals surface area contributed by atoms with Gasteiger partial charge in [0.1, 0.15) is 11.5 Å². The maximum atomic E-state index is 12.4.